The summed E-state index contributed by atoms with van der Waals surface area (Å²) in [6.45, 7) is 0. The number of aromatic nitrogens is 1. The Balaban J connectivity index is 2.15. The average molecular weight is 220 g/mol. The number of hydrogen-bond donors (Lipinski definition) is 2. The lowest BCUT2D eigenvalue weighted by Crippen LogP contribution is -2.13. The number of H-pyrrole nitrogens is 1. The zero-order valence-electron chi connectivity index (χ0n) is 7.69. The van der Waals surface area contributed by atoms with Gasteiger partial charge in [-0.1, -0.05) is 0 Å². The maximum atomic E-state index is 11.6. The van der Waals surface area contributed by atoms with E-state index in [1.54, 1.807) is 0 Å². The van der Waals surface area contributed by atoms with Crippen molar-refractivity contribution in [1.82, 2.24) is 4.98 Å². The molecule has 2 heterocycles. The predicted molar refractivity (Wildman–Crippen MR) is 59.3 cm³/mol. The van der Waals surface area contributed by atoms with E-state index in [4.69, 9.17) is 0 Å². The minimum absolute atomic E-state index is 0.220. The van der Waals surface area contributed by atoms with Crippen molar-refractivity contribution in [2.45, 2.75) is 0 Å². The molecule has 0 aliphatic carbocycles. The molecule has 5 heteroatoms. The number of hydrogen-bond acceptors (Lipinski definition) is 3. The molecule has 0 saturated heterocycles. The SMILES string of the molecule is O=C(Nc1ccsc1)c1ccc(=O)[nH]c1. The predicted octanol–water partition coefficient (Wildman–Crippen LogP) is 1.69. The second kappa shape index (κ2) is 4.10. The van der Waals surface area contributed by atoms with E-state index in [0.717, 1.165) is 5.69 Å². The molecule has 0 radical (unpaired) electrons. The minimum Gasteiger partial charge on any atom is -0.328 e. The topological polar surface area (TPSA) is 62.0 Å². The molecule has 0 atom stereocenters. The number of thiophene rings is 1. The summed E-state index contributed by atoms with van der Waals surface area (Å²) in [4.78, 5) is 24.8. The molecule has 76 valence electrons. The summed E-state index contributed by atoms with van der Waals surface area (Å²) in [7, 11) is 0. The number of aromatic amines is 1. The number of pyridine rings is 1. The molecule has 0 aliphatic heterocycles. The maximum Gasteiger partial charge on any atom is 0.257 e. The third-order valence-corrected chi connectivity index (χ3v) is 2.51. The van der Waals surface area contributed by atoms with Crippen molar-refractivity contribution in [3.8, 4) is 0 Å². The standard InChI is InChI=1S/C10H8N2O2S/c13-9-2-1-7(5-11-9)10(14)12-8-3-4-15-6-8/h1-6H,(H,11,13)(H,12,14). The third-order valence-electron chi connectivity index (χ3n) is 1.83. The number of anilines is 1. The Morgan fingerprint density at radius 3 is 2.80 bits per heavy atom. The van der Waals surface area contributed by atoms with Gasteiger partial charge in [0.15, 0.2) is 0 Å². The van der Waals surface area contributed by atoms with Crippen LogP contribution in [0, 0.1) is 0 Å². The molecule has 0 aromatic carbocycles. The third kappa shape index (κ3) is 2.32. The van der Waals surface area contributed by atoms with Crippen LogP contribution in [0.4, 0.5) is 5.69 Å². The molecule has 2 aromatic rings. The van der Waals surface area contributed by atoms with E-state index in [1.165, 1.54) is 29.7 Å². The van der Waals surface area contributed by atoms with Gasteiger partial charge in [-0.25, -0.2) is 0 Å². The van der Waals surface area contributed by atoms with Gasteiger partial charge in [-0.2, -0.15) is 11.3 Å². The van der Waals surface area contributed by atoms with Crippen molar-refractivity contribution in [3.05, 3.63) is 51.1 Å². The van der Waals surface area contributed by atoms with Crippen molar-refractivity contribution in [2.24, 2.45) is 0 Å². The van der Waals surface area contributed by atoms with E-state index < -0.39 is 0 Å². The smallest absolute Gasteiger partial charge is 0.257 e. The molecule has 2 aromatic heterocycles. The number of nitrogens with one attached hydrogen (secondary N) is 2. The van der Waals surface area contributed by atoms with E-state index in [9.17, 15) is 9.59 Å². The van der Waals surface area contributed by atoms with Crippen LogP contribution in [0.2, 0.25) is 0 Å². The van der Waals surface area contributed by atoms with Gasteiger partial charge >= 0.3 is 0 Å². The highest BCUT2D eigenvalue weighted by atomic mass is 32.1. The Bertz CT molecular complexity index is 496. The molecule has 2 N–H and O–H groups in total. The van der Waals surface area contributed by atoms with E-state index in [0.29, 0.717) is 5.56 Å². The molecule has 0 saturated carbocycles. The van der Waals surface area contributed by atoms with Gasteiger partial charge in [0, 0.05) is 17.6 Å². The molecule has 0 unspecified atom stereocenters. The summed E-state index contributed by atoms with van der Waals surface area (Å²) in [5.74, 6) is -0.232. The largest absolute Gasteiger partial charge is 0.328 e. The van der Waals surface area contributed by atoms with Crippen LogP contribution in [-0.4, -0.2) is 10.9 Å². The summed E-state index contributed by atoms with van der Waals surface area (Å²) >= 11 is 1.51. The lowest BCUT2D eigenvalue weighted by Gasteiger charge is -2.01. The Labute approximate surface area is 89.6 Å². The average Bonchev–Trinajstić information content (AvgIpc) is 2.71. The Kier molecular flexibility index (Phi) is 2.64. The first-order chi connectivity index (χ1) is 7.25. The van der Waals surface area contributed by atoms with Gasteiger partial charge < -0.3 is 10.3 Å². The number of rotatable bonds is 2. The zero-order chi connectivity index (χ0) is 10.7. The number of amides is 1. The molecule has 15 heavy (non-hydrogen) atoms. The lowest BCUT2D eigenvalue weighted by molar-refractivity contribution is 0.102. The summed E-state index contributed by atoms with van der Waals surface area (Å²) in [5, 5.41) is 6.42. The molecule has 4 nitrogen and oxygen atoms in total. The zero-order valence-corrected chi connectivity index (χ0v) is 8.51. The number of carbonyl (C=O) groups is 1. The van der Waals surface area contributed by atoms with E-state index >= 15 is 0 Å². The second-order valence-electron chi connectivity index (χ2n) is 2.91. The summed E-state index contributed by atoms with van der Waals surface area (Å²) in [5.41, 5.74) is 0.971. The molecule has 1 amide bonds. The van der Waals surface area contributed by atoms with Crippen LogP contribution in [0.25, 0.3) is 0 Å². The quantitative estimate of drug-likeness (QED) is 0.809. The molecule has 0 spiro atoms. The van der Waals surface area contributed by atoms with Crippen LogP contribution in [0.1, 0.15) is 10.4 Å². The van der Waals surface area contributed by atoms with Crippen LogP contribution < -0.4 is 10.9 Å². The Morgan fingerprint density at radius 2 is 2.20 bits per heavy atom. The highest BCUT2D eigenvalue weighted by Gasteiger charge is 2.05. The lowest BCUT2D eigenvalue weighted by atomic mass is 10.2. The molecular weight excluding hydrogens is 212 g/mol. The van der Waals surface area contributed by atoms with Crippen molar-refractivity contribution >= 4 is 22.9 Å². The monoisotopic (exact) mass is 220 g/mol. The fourth-order valence-corrected chi connectivity index (χ4v) is 1.68. The van der Waals surface area contributed by atoms with Gasteiger partial charge in [-0.15, -0.1) is 0 Å². The van der Waals surface area contributed by atoms with Gasteiger partial charge in [0.25, 0.3) is 5.91 Å². The molecule has 0 aliphatic rings. The summed E-state index contributed by atoms with van der Waals surface area (Å²) in [6.07, 6.45) is 1.39. The number of carbonyl (C=O) groups excluding carboxylic acids is 1. The Morgan fingerprint density at radius 1 is 1.33 bits per heavy atom. The second-order valence-corrected chi connectivity index (χ2v) is 3.69. The summed E-state index contributed by atoms with van der Waals surface area (Å²) in [6, 6.07) is 4.62. The van der Waals surface area contributed by atoms with Gasteiger partial charge in [-0.3, -0.25) is 9.59 Å². The van der Waals surface area contributed by atoms with Crippen LogP contribution in [0.5, 0.6) is 0 Å². The van der Waals surface area contributed by atoms with E-state index in [1.807, 2.05) is 16.8 Å². The first-order valence-corrected chi connectivity index (χ1v) is 5.22. The molecular formula is C10H8N2O2S. The summed E-state index contributed by atoms with van der Waals surface area (Å²) < 4.78 is 0. The van der Waals surface area contributed by atoms with Crippen LogP contribution in [-0.2, 0) is 0 Å². The van der Waals surface area contributed by atoms with Crippen LogP contribution >= 0.6 is 11.3 Å². The fraction of sp³-hybridized carbons (Fsp3) is 0. The molecule has 2 rings (SSSR count). The van der Waals surface area contributed by atoms with Gasteiger partial charge in [0.05, 0.1) is 11.3 Å². The van der Waals surface area contributed by atoms with Crippen molar-refractivity contribution in [3.63, 3.8) is 0 Å². The first-order valence-electron chi connectivity index (χ1n) is 4.28. The van der Waals surface area contributed by atoms with Crippen molar-refractivity contribution in [2.75, 3.05) is 5.32 Å². The molecule has 0 fully saturated rings. The van der Waals surface area contributed by atoms with Gasteiger partial charge in [-0.05, 0) is 17.5 Å². The minimum atomic E-state index is -0.232. The van der Waals surface area contributed by atoms with Crippen molar-refractivity contribution in [1.29, 1.82) is 0 Å². The van der Waals surface area contributed by atoms with Crippen LogP contribution in [0.3, 0.4) is 0 Å². The first kappa shape index (κ1) is 9.67. The van der Waals surface area contributed by atoms with Gasteiger partial charge in [0.2, 0.25) is 5.56 Å². The highest BCUT2D eigenvalue weighted by Crippen LogP contribution is 2.12. The normalized spacial score (nSPS) is 9.87. The van der Waals surface area contributed by atoms with E-state index in [2.05, 4.69) is 10.3 Å². The van der Waals surface area contributed by atoms with Gasteiger partial charge in [0.1, 0.15) is 0 Å². The molecule has 0 bridgehead atoms. The Hall–Kier alpha value is -1.88. The highest BCUT2D eigenvalue weighted by molar-refractivity contribution is 7.08. The fourth-order valence-electron chi connectivity index (χ4n) is 1.09. The van der Waals surface area contributed by atoms with Crippen LogP contribution in [0.15, 0.2) is 40.0 Å². The van der Waals surface area contributed by atoms with Crippen molar-refractivity contribution < 1.29 is 4.79 Å². The van der Waals surface area contributed by atoms with E-state index in [-0.39, 0.29) is 11.5 Å². The maximum absolute atomic E-state index is 11.6.